The fraction of sp³-hybridized carbons (Fsp3) is 0.250. The molecule has 2 N–H and O–H groups in total. The number of hydrogen-bond acceptors (Lipinski definition) is 4. The zero-order valence-corrected chi connectivity index (χ0v) is 7.60. The van der Waals surface area contributed by atoms with Gasteiger partial charge in [0.05, 0.1) is 6.04 Å². The summed E-state index contributed by atoms with van der Waals surface area (Å²) >= 11 is 1.40. The Balaban J connectivity index is 2.91. The molecule has 12 heavy (non-hydrogen) atoms. The van der Waals surface area contributed by atoms with E-state index in [0.717, 1.165) is 5.01 Å². The molecule has 4 heteroatoms. The van der Waals surface area contributed by atoms with Gasteiger partial charge in [0.2, 0.25) is 5.78 Å². The van der Waals surface area contributed by atoms with E-state index in [1.807, 2.05) is 6.92 Å². The van der Waals surface area contributed by atoms with E-state index in [9.17, 15) is 4.79 Å². The van der Waals surface area contributed by atoms with E-state index in [2.05, 4.69) is 11.6 Å². The van der Waals surface area contributed by atoms with Gasteiger partial charge in [-0.1, -0.05) is 6.58 Å². The number of nitrogens with two attached hydrogens (primary N) is 1. The molecule has 0 fully saturated rings. The highest BCUT2D eigenvalue weighted by Gasteiger charge is 2.09. The maximum atomic E-state index is 11.0. The first-order valence-corrected chi connectivity index (χ1v) is 4.41. The molecule has 0 saturated carbocycles. The number of carbonyl (C=O) groups excluding carboxylic acids is 1. The average molecular weight is 182 g/mol. The van der Waals surface area contributed by atoms with Crippen molar-refractivity contribution in [1.82, 2.24) is 4.98 Å². The molecule has 0 radical (unpaired) electrons. The first kappa shape index (κ1) is 9.09. The van der Waals surface area contributed by atoms with Crippen molar-refractivity contribution in [2.24, 2.45) is 5.73 Å². The number of hydrogen-bond donors (Lipinski definition) is 1. The van der Waals surface area contributed by atoms with Crippen LogP contribution < -0.4 is 5.73 Å². The summed E-state index contributed by atoms with van der Waals surface area (Å²) in [5, 5.41) is 2.48. The maximum absolute atomic E-state index is 11.0. The van der Waals surface area contributed by atoms with Gasteiger partial charge in [-0.2, -0.15) is 0 Å². The number of nitrogens with zero attached hydrogens (tertiary/aromatic N) is 1. The molecule has 1 aromatic heterocycles. The summed E-state index contributed by atoms with van der Waals surface area (Å²) < 4.78 is 0. The Bertz CT molecular complexity index is 304. The van der Waals surface area contributed by atoms with Gasteiger partial charge in [0.1, 0.15) is 10.7 Å². The smallest absolute Gasteiger partial charge is 0.204 e. The van der Waals surface area contributed by atoms with Crippen molar-refractivity contribution in [2.75, 3.05) is 0 Å². The van der Waals surface area contributed by atoms with Crippen LogP contribution >= 0.6 is 11.3 Å². The van der Waals surface area contributed by atoms with Gasteiger partial charge in [-0.15, -0.1) is 11.3 Å². The van der Waals surface area contributed by atoms with Gasteiger partial charge in [-0.3, -0.25) is 4.79 Å². The minimum absolute atomic E-state index is 0.110. The lowest BCUT2D eigenvalue weighted by Crippen LogP contribution is -2.05. The minimum Gasteiger partial charge on any atom is -0.322 e. The molecule has 0 aliphatic carbocycles. The predicted octanol–water partition coefficient (Wildman–Crippen LogP) is 1.53. The van der Waals surface area contributed by atoms with E-state index in [4.69, 9.17) is 5.73 Å². The summed E-state index contributed by atoms with van der Waals surface area (Å²) in [6.45, 7) is 5.21. The van der Waals surface area contributed by atoms with Gasteiger partial charge >= 0.3 is 0 Å². The molecule has 0 amide bonds. The highest BCUT2D eigenvalue weighted by molar-refractivity contribution is 7.09. The summed E-state index contributed by atoms with van der Waals surface area (Å²) in [6, 6.07) is -0.110. The van der Waals surface area contributed by atoms with Crippen LogP contribution in [0.3, 0.4) is 0 Å². The summed E-state index contributed by atoms with van der Waals surface area (Å²) in [5.74, 6) is -0.154. The molecule has 0 aliphatic heterocycles. The van der Waals surface area contributed by atoms with Crippen LogP contribution in [0.25, 0.3) is 0 Å². The molecular formula is C8H10N2OS. The van der Waals surface area contributed by atoms with Gasteiger partial charge in [0.15, 0.2) is 0 Å². The molecule has 64 valence electrons. The first-order chi connectivity index (χ1) is 5.65. The van der Waals surface area contributed by atoms with Crippen LogP contribution in [0.1, 0.15) is 28.5 Å². The Hall–Kier alpha value is -1.00. The van der Waals surface area contributed by atoms with Gasteiger partial charge in [-0.05, 0) is 13.0 Å². The maximum Gasteiger partial charge on any atom is 0.204 e. The number of allylic oxidation sites excluding steroid dienone is 1. The molecule has 1 unspecified atom stereocenters. The second-order valence-electron chi connectivity index (χ2n) is 2.43. The Kier molecular flexibility index (Phi) is 2.73. The van der Waals surface area contributed by atoms with E-state index < -0.39 is 0 Å². The Labute approximate surface area is 74.9 Å². The number of aromatic nitrogens is 1. The van der Waals surface area contributed by atoms with Gasteiger partial charge in [0.25, 0.3) is 0 Å². The third kappa shape index (κ3) is 1.78. The Morgan fingerprint density at radius 1 is 1.92 bits per heavy atom. The molecule has 1 rings (SSSR count). The second-order valence-corrected chi connectivity index (χ2v) is 3.32. The number of ketones is 1. The van der Waals surface area contributed by atoms with Crippen LogP contribution in [0, 0.1) is 0 Å². The van der Waals surface area contributed by atoms with Gasteiger partial charge < -0.3 is 5.73 Å². The lowest BCUT2D eigenvalue weighted by atomic mass is 10.3. The molecule has 0 aromatic carbocycles. The lowest BCUT2D eigenvalue weighted by Gasteiger charge is -1.95. The van der Waals surface area contributed by atoms with Crippen molar-refractivity contribution in [3.63, 3.8) is 0 Å². The summed E-state index contributed by atoms with van der Waals surface area (Å²) in [6.07, 6.45) is 1.25. The average Bonchev–Trinajstić information content (AvgIpc) is 2.51. The van der Waals surface area contributed by atoms with Crippen molar-refractivity contribution in [3.05, 3.63) is 28.7 Å². The molecular weight excluding hydrogens is 172 g/mol. The van der Waals surface area contributed by atoms with Crippen molar-refractivity contribution < 1.29 is 4.79 Å². The van der Waals surface area contributed by atoms with Crippen LogP contribution in [-0.2, 0) is 0 Å². The standard InChI is InChI=1S/C8H10N2OS/c1-3-7(11)6-4-12-8(10-6)5(2)9/h3-5H,1,9H2,2H3. The van der Waals surface area contributed by atoms with Crippen molar-refractivity contribution >= 4 is 17.1 Å². The van der Waals surface area contributed by atoms with E-state index >= 15 is 0 Å². The first-order valence-electron chi connectivity index (χ1n) is 3.53. The third-order valence-corrected chi connectivity index (χ3v) is 2.39. The normalized spacial score (nSPS) is 12.5. The van der Waals surface area contributed by atoms with E-state index in [0.29, 0.717) is 5.69 Å². The van der Waals surface area contributed by atoms with Crippen molar-refractivity contribution in [3.8, 4) is 0 Å². The molecule has 0 spiro atoms. The molecule has 0 saturated heterocycles. The van der Waals surface area contributed by atoms with Crippen LogP contribution in [-0.4, -0.2) is 10.8 Å². The zero-order valence-electron chi connectivity index (χ0n) is 6.78. The van der Waals surface area contributed by atoms with Crippen LogP contribution in [0.4, 0.5) is 0 Å². The van der Waals surface area contributed by atoms with Gasteiger partial charge in [-0.25, -0.2) is 4.98 Å². The minimum atomic E-state index is -0.154. The fourth-order valence-electron chi connectivity index (χ4n) is 0.714. The number of rotatable bonds is 3. The van der Waals surface area contributed by atoms with E-state index in [1.165, 1.54) is 17.4 Å². The monoisotopic (exact) mass is 182 g/mol. The van der Waals surface area contributed by atoms with E-state index in [1.54, 1.807) is 5.38 Å². The summed E-state index contributed by atoms with van der Waals surface area (Å²) in [5.41, 5.74) is 6.01. The predicted molar refractivity (Wildman–Crippen MR) is 49.2 cm³/mol. The van der Waals surface area contributed by atoms with Crippen LogP contribution in [0.15, 0.2) is 18.0 Å². The highest BCUT2D eigenvalue weighted by Crippen LogP contribution is 2.15. The van der Waals surface area contributed by atoms with Crippen LogP contribution in [0.5, 0.6) is 0 Å². The fourth-order valence-corrected chi connectivity index (χ4v) is 1.48. The molecule has 3 nitrogen and oxygen atoms in total. The topological polar surface area (TPSA) is 56.0 Å². The lowest BCUT2D eigenvalue weighted by molar-refractivity contribution is 0.104. The highest BCUT2D eigenvalue weighted by atomic mass is 32.1. The Morgan fingerprint density at radius 2 is 2.58 bits per heavy atom. The zero-order chi connectivity index (χ0) is 9.14. The van der Waals surface area contributed by atoms with Crippen molar-refractivity contribution in [1.29, 1.82) is 0 Å². The quantitative estimate of drug-likeness (QED) is 0.569. The van der Waals surface area contributed by atoms with Crippen molar-refractivity contribution in [2.45, 2.75) is 13.0 Å². The molecule has 1 heterocycles. The molecule has 1 aromatic rings. The Morgan fingerprint density at radius 3 is 3.00 bits per heavy atom. The number of thiazole rings is 1. The van der Waals surface area contributed by atoms with Gasteiger partial charge in [0, 0.05) is 5.38 Å². The third-order valence-electron chi connectivity index (χ3n) is 1.35. The SMILES string of the molecule is C=CC(=O)c1csc(C(C)N)n1. The second kappa shape index (κ2) is 3.60. The molecule has 0 aliphatic rings. The summed E-state index contributed by atoms with van der Waals surface area (Å²) in [4.78, 5) is 15.1. The number of carbonyl (C=O) groups is 1. The summed E-state index contributed by atoms with van der Waals surface area (Å²) in [7, 11) is 0. The van der Waals surface area contributed by atoms with Crippen LogP contribution in [0.2, 0.25) is 0 Å². The largest absolute Gasteiger partial charge is 0.322 e. The molecule has 1 atom stereocenters. The molecule has 0 bridgehead atoms. The van der Waals surface area contributed by atoms with E-state index in [-0.39, 0.29) is 11.8 Å².